The zero-order valence-corrected chi connectivity index (χ0v) is 13.6. The summed E-state index contributed by atoms with van der Waals surface area (Å²) in [5.74, 6) is 1.33. The quantitative estimate of drug-likeness (QED) is 0.867. The maximum atomic E-state index is 11.9. The van der Waals surface area contributed by atoms with E-state index in [1.54, 1.807) is 11.8 Å². The van der Waals surface area contributed by atoms with E-state index < -0.39 is 0 Å². The first-order valence-corrected chi connectivity index (χ1v) is 8.86. The molecule has 1 N–H and O–H groups in total. The average molecular weight is 297 g/mol. The van der Waals surface area contributed by atoms with E-state index >= 15 is 0 Å². The Labute approximate surface area is 126 Å². The minimum atomic E-state index is 0.163. The van der Waals surface area contributed by atoms with E-state index in [9.17, 15) is 4.79 Å². The van der Waals surface area contributed by atoms with Gasteiger partial charge in [-0.2, -0.15) is 0 Å². The molecule has 5 heteroatoms. The molecule has 1 aliphatic carbocycles. The predicted octanol–water partition coefficient (Wildman–Crippen LogP) is 2.50. The second-order valence-corrected chi connectivity index (χ2v) is 6.85. The van der Waals surface area contributed by atoms with E-state index in [4.69, 9.17) is 0 Å². The molecule has 4 nitrogen and oxygen atoms in total. The highest BCUT2D eigenvalue weighted by molar-refractivity contribution is 8.13. The number of amides is 1. The van der Waals surface area contributed by atoms with Gasteiger partial charge in [0.25, 0.3) is 0 Å². The fourth-order valence-electron chi connectivity index (χ4n) is 3.10. The molecule has 1 amide bonds. The van der Waals surface area contributed by atoms with Crippen LogP contribution in [0.5, 0.6) is 0 Å². The molecule has 1 aliphatic heterocycles. The third-order valence-corrected chi connectivity index (χ3v) is 5.80. The van der Waals surface area contributed by atoms with Crippen molar-refractivity contribution in [3.63, 3.8) is 0 Å². The summed E-state index contributed by atoms with van der Waals surface area (Å²) in [7, 11) is 0. The van der Waals surface area contributed by atoms with Gasteiger partial charge in [-0.1, -0.05) is 31.0 Å². The number of hydrogen-bond acceptors (Lipinski definition) is 4. The Morgan fingerprint density at radius 2 is 2.00 bits per heavy atom. The predicted molar refractivity (Wildman–Crippen MR) is 86.2 cm³/mol. The summed E-state index contributed by atoms with van der Waals surface area (Å²) in [6.07, 6.45) is 6.77. The molecule has 1 spiro atoms. The molecule has 0 aromatic rings. The first-order valence-electron chi connectivity index (χ1n) is 7.88. The lowest BCUT2D eigenvalue weighted by atomic mass is 9.75. The van der Waals surface area contributed by atoms with E-state index in [-0.39, 0.29) is 5.91 Å². The number of thioether (sulfide) groups is 1. The number of carbonyl (C=O) groups excluding carboxylic acids is 1. The molecule has 1 saturated carbocycles. The van der Waals surface area contributed by atoms with Gasteiger partial charge in [-0.25, -0.2) is 0 Å². The molecule has 2 rings (SSSR count). The number of hydrogen-bond donors (Lipinski definition) is 1. The molecule has 0 aromatic heterocycles. The number of aliphatic imine (C=N–C) groups is 1. The lowest BCUT2D eigenvalue weighted by Crippen LogP contribution is -2.42. The highest BCUT2D eigenvalue weighted by atomic mass is 32.2. The number of likely N-dealkylation sites (N-methyl/N-ethyl adjacent to an activating group) is 1. The monoisotopic (exact) mass is 297 g/mol. The normalized spacial score (nSPS) is 21.4. The van der Waals surface area contributed by atoms with Gasteiger partial charge in [-0.15, -0.1) is 0 Å². The second kappa shape index (κ2) is 7.34. The molecule has 0 saturated heterocycles. The molecule has 1 fully saturated rings. The first kappa shape index (κ1) is 15.7. The summed E-state index contributed by atoms with van der Waals surface area (Å²) in [5.41, 5.74) is 0.455. The van der Waals surface area contributed by atoms with Crippen molar-refractivity contribution < 1.29 is 4.79 Å². The number of amidine groups is 1. The average Bonchev–Trinajstić information content (AvgIpc) is 2.49. The summed E-state index contributed by atoms with van der Waals surface area (Å²) in [6.45, 7) is 6.91. The van der Waals surface area contributed by atoms with E-state index in [1.807, 2.05) is 18.7 Å². The summed E-state index contributed by atoms with van der Waals surface area (Å²) < 4.78 is 0. The summed E-state index contributed by atoms with van der Waals surface area (Å²) in [4.78, 5) is 18.5. The van der Waals surface area contributed by atoms with Gasteiger partial charge in [-0.05, 0) is 32.1 Å². The zero-order valence-electron chi connectivity index (χ0n) is 12.8. The van der Waals surface area contributed by atoms with E-state index in [0.717, 1.165) is 30.6 Å². The standard InChI is InChI=1S/C15H27N3OS/c1-3-18(4-2)13(19)10-16-14-17-11-15(12-20-14)8-6-5-7-9-15/h3-12H2,1-2H3,(H,16,17). The van der Waals surface area contributed by atoms with Gasteiger partial charge >= 0.3 is 0 Å². The molecular weight excluding hydrogens is 270 g/mol. The van der Waals surface area contributed by atoms with Crippen LogP contribution in [-0.2, 0) is 4.79 Å². The third-order valence-electron chi connectivity index (χ3n) is 4.49. The van der Waals surface area contributed by atoms with Crippen molar-refractivity contribution in [2.45, 2.75) is 46.0 Å². The minimum Gasteiger partial charge on any atom is -0.356 e. The number of nitrogens with zero attached hydrogens (tertiary/aromatic N) is 2. The van der Waals surface area contributed by atoms with Crippen molar-refractivity contribution in [3.8, 4) is 0 Å². The van der Waals surface area contributed by atoms with Crippen LogP contribution in [0.15, 0.2) is 4.99 Å². The Balaban J connectivity index is 1.79. The summed E-state index contributed by atoms with van der Waals surface area (Å²) in [5, 5.41) is 4.17. The van der Waals surface area contributed by atoms with Crippen LogP contribution < -0.4 is 5.32 Å². The van der Waals surface area contributed by atoms with Gasteiger partial charge < -0.3 is 10.2 Å². The Hall–Kier alpha value is -0.710. The number of carbonyl (C=O) groups is 1. The first-order chi connectivity index (χ1) is 9.69. The van der Waals surface area contributed by atoms with Crippen molar-refractivity contribution in [2.24, 2.45) is 10.4 Å². The fourth-order valence-corrected chi connectivity index (χ4v) is 4.26. The highest BCUT2D eigenvalue weighted by Crippen LogP contribution is 2.41. The van der Waals surface area contributed by atoms with E-state index in [0.29, 0.717) is 12.0 Å². The van der Waals surface area contributed by atoms with Gasteiger partial charge in [0.15, 0.2) is 5.17 Å². The van der Waals surface area contributed by atoms with Crippen LogP contribution in [0.3, 0.4) is 0 Å². The Morgan fingerprint density at radius 1 is 1.30 bits per heavy atom. The molecule has 114 valence electrons. The van der Waals surface area contributed by atoms with Gasteiger partial charge in [0.1, 0.15) is 0 Å². The second-order valence-electron chi connectivity index (χ2n) is 5.89. The topological polar surface area (TPSA) is 44.7 Å². The van der Waals surface area contributed by atoms with Crippen LogP contribution in [0, 0.1) is 5.41 Å². The van der Waals surface area contributed by atoms with Gasteiger partial charge in [0.2, 0.25) is 5.91 Å². The maximum absolute atomic E-state index is 11.9. The van der Waals surface area contributed by atoms with E-state index in [1.165, 1.54) is 32.1 Å². The molecular formula is C15H27N3OS. The van der Waals surface area contributed by atoms with Crippen LogP contribution in [0.25, 0.3) is 0 Å². The van der Waals surface area contributed by atoms with Crippen molar-refractivity contribution >= 4 is 22.8 Å². The van der Waals surface area contributed by atoms with Crippen molar-refractivity contribution in [1.29, 1.82) is 0 Å². The zero-order chi connectivity index (χ0) is 14.4. The Kier molecular flexibility index (Phi) is 5.75. The van der Waals surface area contributed by atoms with Crippen LogP contribution in [0.4, 0.5) is 0 Å². The van der Waals surface area contributed by atoms with E-state index in [2.05, 4.69) is 10.3 Å². The molecule has 20 heavy (non-hydrogen) atoms. The lowest BCUT2D eigenvalue weighted by molar-refractivity contribution is -0.129. The van der Waals surface area contributed by atoms with Gasteiger partial charge in [0.05, 0.1) is 6.54 Å². The highest BCUT2D eigenvalue weighted by Gasteiger charge is 2.34. The van der Waals surface area contributed by atoms with Gasteiger partial charge in [0, 0.05) is 25.4 Å². The summed E-state index contributed by atoms with van der Waals surface area (Å²) >= 11 is 1.81. The molecule has 1 heterocycles. The molecule has 0 bridgehead atoms. The fraction of sp³-hybridized carbons (Fsp3) is 0.867. The van der Waals surface area contributed by atoms with Crippen LogP contribution in [0.2, 0.25) is 0 Å². The third kappa shape index (κ3) is 3.90. The molecule has 0 atom stereocenters. The minimum absolute atomic E-state index is 0.163. The largest absolute Gasteiger partial charge is 0.356 e. The molecule has 2 aliphatic rings. The maximum Gasteiger partial charge on any atom is 0.241 e. The molecule has 0 unspecified atom stereocenters. The Morgan fingerprint density at radius 3 is 2.55 bits per heavy atom. The van der Waals surface area contributed by atoms with Crippen LogP contribution in [0.1, 0.15) is 46.0 Å². The number of nitrogens with one attached hydrogen (secondary N) is 1. The number of rotatable bonds is 4. The lowest BCUT2D eigenvalue weighted by Gasteiger charge is -2.38. The molecule has 0 radical (unpaired) electrons. The van der Waals surface area contributed by atoms with Crippen LogP contribution >= 0.6 is 11.8 Å². The van der Waals surface area contributed by atoms with Crippen molar-refractivity contribution in [2.75, 3.05) is 31.9 Å². The van der Waals surface area contributed by atoms with Crippen molar-refractivity contribution in [3.05, 3.63) is 0 Å². The Bertz CT molecular complexity index is 360. The molecule has 0 aromatic carbocycles. The smallest absolute Gasteiger partial charge is 0.241 e. The van der Waals surface area contributed by atoms with Crippen LogP contribution in [-0.4, -0.2) is 47.9 Å². The SMILES string of the molecule is CCN(CC)C(=O)CNC1=NCC2(CCCCC2)CS1. The van der Waals surface area contributed by atoms with Gasteiger partial charge in [-0.3, -0.25) is 9.79 Å². The van der Waals surface area contributed by atoms with Crippen molar-refractivity contribution in [1.82, 2.24) is 10.2 Å². The summed E-state index contributed by atoms with van der Waals surface area (Å²) in [6, 6.07) is 0.